The summed E-state index contributed by atoms with van der Waals surface area (Å²) >= 11 is 0. The van der Waals surface area contributed by atoms with E-state index in [-0.39, 0.29) is 11.6 Å². The first-order chi connectivity index (χ1) is 9.49. The highest BCUT2D eigenvalue weighted by Gasteiger charge is 2.26. The molecule has 1 aliphatic rings. The molecular weight excluding hydrogens is 250 g/mol. The Morgan fingerprint density at radius 1 is 1.25 bits per heavy atom. The summed E-state index contributed by atoms with van der Waals surface area (Å²) in [5.41, 5.74) is 1.22. The molecule has 2 rings (SSSR count). The molecule has 0 heterocycles. The van der Waals surface area contributed by atoms with Gasteiger partial charge >= 0.3 is 0 Å². The molecule has 0 amide bonds. The summed E-state index contributed by atoms with van der Waals surface area (Å²) in [6.45, 7) is 7.33. The normalized spacial score (nSPS) is 17.6. The number of nitrogens with one attached hydrogen (secondary N) is 1. The van der Waals surface area contributed by atoms with E-state index in [1.165, 1.54) is 19.3 Å². The van der Waals surface area contributed by atoms with Gasteiger partial charge in [-0.25, -0.2) is 0 Å². The lowest BCUT2D eigenvalue weighted by Crippen LogP contribution is -2.40. The average Bonchev–Trinajstić information content (AvgIpc) is 2.35. The molecule has 1 aromatic rings. The summed E-state index contributed by atoms with van der Waals surface area (Å²) in [5, 5.41) is 3.54. The van der Waals surface area contributed by atoms with Crippen LogP contribution >= 0.6 is 0 Å². The number of hydrogen-bond acceptors (Lipinski definition) is 3. The second-order valence-corrected chi connectivity index (χ2v) is 6.55. The highest BCUT2D eigenvalue weighted by Crippen LogP contribution is 2.33. The minimum Gasteiger partial charge on any atom is -0.496 e. The van der Waals surface area contributed by atoms with Crippen molar-refractivity contribution in [2.24, 2.45) is 0 Å². The van der Waals surface area contributed by atoms with Crippen LogP contribution in [0.1, 0.15) is 51.7 Å². The van der Waals surface area contributed by atoms with Crippen LogP contribution in [-0.4, -0.2) is 25.3 Å². The van der Waals surface area contributed by atoms with Gasteiger partial charge in [-0.3, -0.25) is 0 Å². The van der Waals surface area contributed by atoms with Crippen molar-refractivity contribution in [3.63, 3.8) is 0 Å². The van der Waals surface area contributed by atoms with Crippen LogP contribution < -0.4 is 10.1 Å². The number of rotatable bonds is 6. The number of methoxy groups -OCH3 is 1. The summed E-state index contributed by atoms with van der Waals surface area (Å²) in [5.74, 6) is 0.910. The maximum absolute atomic E-state index is 6.27. The van der Waals surface area contributed by atoms with Crippen molar-refractivity contribution in [3.8, 4) is 5.75 Å². The maximum atomic E-state index is 6.27. The summed E-state index contributed by atoms with van der Waals surface area (Å²) in [6, 6.07) is 8.15. The van der Waals surface area contributed by atoms with E-state index in [2.05, 4.69) is 32.2 Å². The predicted octanol–water partition coefficient (Wildman–Crippen LogP) is 3.69. The monoisotopic (exact) mass is 277 g/mol. The summed E-state index contributed by atoms with van der Waals surface area (Å²) in [6.07, 6.45) is 4.11. The van der Waals surface area contributed by atoms with Crippen LogP contribution in [0, 0.1) is 0 Å². The second kappa shape index (κ2) is 6.59. The fourth-order valence-corrected chi connectivity index (χ4v) is 2.30. The molecule has 112 valence electrons. The Balaban J connectivity index is 2.11. The maximum Gasteiger partial charge on any atom is 0.124 e. The van der Waals surface area contributed by atoms with Gasteiger partial charge in [-0.15, -0.1) is 0 Å². The van der Waals surface area contributed by atoms with Crippen LogP contribution in [0.2, 0.25) is 0 Å². The first kappa shape index (κ1) is 15.3. The lowest BCUT2D eigenvalue weighted by molar-refractivity contribution is -0.0545. The van der Waals surface area contributed by atoms with Gasteiger partial charge in [0.2, 0.25) is 0 Å². The molecular formula is C17H27NO2. The number of para-hydroxylation sites is 1. The molecule has 1 atom stereocenters. The highest BCUT2D eigenvalue weighted by atomic mass is 16.5. The molecule has 0 aliphatic heterocycles. The van der Waals surface area contributed by atoms with E-state index < -0.39 is 0 Å². The van der Waals surface area contributed by atoms with E-state index in [1.807, 2.05) is 18.2 Å². The zero-order valence-electron chi connectivity index (χ0n) is 13.1. The van der Waals surface area contributed by atoms with Gasteiger partial charge in [0.25, 0.3) is 0 Å². The molecule has 0 radical (unpaired) electrons. The second-order valence-electron chi connectivity index (χ2n) is 6.55. The average molecular weight is 277 g/mol. The van der Waals surface area contributed by atoms with Gasteiger partial charge in [0, 0.05) is 17.6 Å². The van der Waals surface area contributed by atoms with Gasteiger partial charge < -0.3 is 14.8 Å². The van der Waals surface area contributed by atoms with Gasteiger partial charge in [-0.2, -0.15) is 0 Å². The van der Waals surface area contributed by atoms with Crippen molar-refractivity contribution in [1.29, 1.82) is 0 Å². The molecule has 1 unspecified atom stereocenters. The summed E-state index contributed by atoms with van der Waals surface area (Å²) in [7, 11) is 1.72. The van der Waals surface area contributed by atoms with E-state index in [4.69, 9.17) is 9.47 Å². The highest BCUT2D eigenvalue weighted by molar-refractivity contribution is 5.35. The Morgan fingerprint density at radius 2 is 1.95 bits per heavy atom. The molecule has 20 heavy (non-hydrogen) atoms. The summed E-state index contributed by atoms with van der Waals surface area (Å²) < 4.78 is 11.8. The molecule has 1 aromatic carbocycles. The largest absolute Gasteiger partial charge is 0.496 e. The van der Waals surface area contributed by atoms with Crippen molar-refractivity contribution in [2.45, 2.75) is 57.8 Å². The fraction of sp³-hybridized carbons (Fsp3) is 0.647. The van der Waals surface area contributed by atoms with Gasteiger partial charge in [0.15, 0.2) is 0 Å². The molecule has 0 spiro atoms. The SMILES string of the molecule is COc1ccccc1C(CNC(C)(C)C)OC1CCC1. The van der Waals surface area contributed by atoms with Gasteiger partial charge in [0.1, 0.15) is 5.75 Å². The van der Waals surface area contributed by atoms with Crippen LogP contribution in [0.25, 0.3) is 0 Å². The minimum atomic E-state index is 0.0516. The van der Waals surface area contributed by atoms with E-state index in [0.717, 1.165) is 17.9 Å². The van der Waals surface area contributed by atoms with Crippen molar-refractivity contribution in [3.05, 3.63) is 29.8 Å². The van der Waals surface area contributed by atoms with Crippen LogP contribution in [0.15, 0.2) is 24.3 Å². The van der Waals surface area contributed by atoms with E-state index in [0.29, 0.717) is 6.10 Å². The summed E-state index contributed by atoms with van der Waals surface area (Å²) in [4.78, 5) is 0. The molecule has 1 aliphatic carbocycles. The topological polar surface area (TPSA) is 30.5 Å². The number of ether oxygens (including phenoxy) is 2. The first-order valence-electron chi connectivity index (χ1n) is 7.53. The van der Waals surface area contributed by atoms with E-state index in [1.54, 1.807) is 7.11 Å². The Morgan fingerprint density at radius 3 is 2.50 bits per heavy atom. The smallest absolute Gasteiger partial charge is 0.124 e. The van der Waals surface area contributed by atoms with Crippen LogP contribution in [0.4, 0.5) is 0 Å². The molecule has 1 N–H and O–H groups in total. The van der Waals surface area contributed by atoms with Crippen LogP contribution in [0.5, 0.6) is 5.75 Å². The van der Waals surface area contributed by atoms with Crippen molar-refractivity contribution in [2.75, 3.05) is 13.7 Å². The minimum absolute atomic E-state index is 0.0516. The van der Waals surface area contributed by atoms with Crippen molar-refractivity contribution < 1.29 is 9.47 Å². The van der Waals surface area contributed by atoms with Gasteiger partial charge in [-0.1, -0.05) is 18.2 Å². The van der Waals surface area contributed by atoms with Crippen LogP contribution in [0.3, 0.4) is 0 Å². The molecule has 0 aromatic heterocycles. The standard InChI is InChI=1S/C17H27NO2/c1-17(2,3)18-12-16(20-13-8-7-9-13)14-10-5-6-11-15(14)19-4/h5-6,10-11,13,16,18H,7-9,12H2,1-4H3. The lowest BCUT2D eigenvalue weighted by Gasteiger charge is -2.33. The van der Waals surface area contributed by atoms with Crippen molar-refractivity contribution >= 4 is 0 Å². The van der Waals surface area contributed by atoms with E-state index in [9.17, 15) is 0 Å². The molecule has 3 heteroatoms. The predicted molar refractivity (Wildman–Crippen MR) is 82.2 cm³/mol. The van der Waals surface area contributed by atoms with Gasteiger partial charge in [-0.05, 0) is 46.1 Å². The third kappa shape index (κ3) is 4.22. The Labute approximate surface area is 122 Å². The van der Waals surface area contributed by atoms with Crippen molar-refractivity contribution in [1.82, 2.24) is 5.32 Å². The lowest BCUT2D eigenvalue weighted by atomic mass is 9.95. The molecule has 3 nitrogen and oxygen atoms in total. The third-order valence-electron chi connectivity index (χ3n) is 3.71. The number of hydrogen-bond donors (Lipinski definition) is 1. The third-order valence-corrected chi connectivity index (χ3v) is 3.71. The van der Waals surface area contributed by atoms with E-state index >= 15 is 0 Å². The Kier molecular flexibility index (Phi) is 5.06. The zero-order chi connectivity index (χ0) is 14.6. The van der Waals surface area contributed by atoms with Gasteiger partial charge in [0.05, 0.1) is 19.3 Å². The molecule has 1 saturated carbocycles. The first-order valence-corrected chi connectivity index (χ1v) is 7.53. The molecule has 0 saturated heterocycles. The van der Waals surface area contributed by atoms with Crippen LogP contribution in [-0.2, 0) is 4.74 Å². The Bertz CT molecular complexity index is 421. The molecule has 0 bridgehead atoms. The quantitative estimate of drug-likeness (QED) is 0.860. The fourth-order valence-electron chi connectivity index (χ4n) is 2.30. The number of benzene rings is 1. The Hall–Kier alpha value is -1.06. The zero-order valence-corrected chi connectivity index (χ0v) is 13.1. The molecule has 1 fully saturated rings.